The highest BCUT2D eigenvalue weighted by atomic mass is 16.4. The number of carboxylic acid groups (broad SMARTS) is 1. The second-order valence-electron chi connectivity index (χ2n) is 5.66. The standard InChI is InChI=1S/C13H22N2O3/c1-9-7-15(8-11(9)12(16)17)13(18)14-6-10-4-2-3-5-10/h9-11H,2-8H2,1H3,(H,14,18)(H,16,17). The van der Waals surface area contributed by atoms with Gasteiger partial charge in [0.05, 0.1) is 5.92 Å². The predicted molar refractivity (Wildman–Crippen MR) is 67.2 cm³/mol. The van der Waals surface area contributed by atoms with Crippen molar-refractivity contribution >= 4 is 12.0 Å². The second kappa shape index (κ2) is 5.59. The van der Waals surface area contributed by atoms with Gasteiger partial charge in [-0.15, -0.1) is 0 Å². The summed E-state index contributed by atoms with van der Waals surface area (Å²) in [4.78, 5) is 24.6. The van der Waals surface area contributed by atoms with Crippen LogP contribution in [0.5, 0.6) is 0 Å². The van der Waals surface area contributed by atoms with Gasteiger partial charge >= 0.3 is 12.0 Å². The molecule has 2 fully saturated rings. The molecule has 1 heterocycles. The molecule has 5 nitrogen and oxygen atoms in total. The molecule has 18 heavy (non-hydrogen) atoms. The van der Waals surface area contributed by atoms with Gasteiger partial charge in [-0.25, -0.2) is 4.79 Å². The average molecular weight is 254 g/mol. The Morgan fingerprint density at radius 3 is 2.50 bits per heavy atom. The van der Waals surface area contributed by atoms with Gasteiger partial charge in [-0.1, -0.05) is 19.8 Å². The van der Waals surface area contributed by atoms with Crippen LogP contribution >= 0.6 is 0 Å². The van der Waals surface area contributed by atoms with Crippen molar-refractivity contribution in [3.63, 3.8) is 0 Å². The van der Waals surface area contributed by atoms with Crippen molar-refractivity contribution < 1.29 is 14.7 Å². The van der Waals surface area contributed by atoms with Gasteiger partial charge in [0.25, 0.3) is 0 Å². The molecule has 5 heteroatoms. The van der Waals surface area contributed by atoms with E-state index in [4.69, 9.17) is 5.11 Å². The van der Waals surface area contributed by atoms with Crippen LogP contribution in [0.1, 0.15) is 32.6 Å². The van der Waals surface area contributed by atoms with E-state index in [0.29, 0.717) is 19.0 Å². The molecule has 1 aliphatic carbocycles. The molecule has 0 aromatic heterocycles. The third-order valence-corrected chi connectivity index (χ3v) is 4.23. The number of likely N-dealkylation sites (tertiary alicyclic amines) is 1. The molecule has 1 saturated heterocycles. The smallest absolute Gasteiger partial charge is 0.317 e. The number of hydrogen-bond donors (Lipinski definition) is 2. The minimum Gasteiger partial charge on any atom is -0.481 e. The van der Waals surface area contributed by atoms with Crippen LogP contribution in [0.2, 0.25) is 0 Å². The summed E-state index contributed by atoms with van der Waals surface area (Å²) in [5.74, 6) is -0.556. The molecule has 2 unspecified atom stereocenters. The molecule has 2 N–H and O–H groups in total. The number of amides is 2. The van der Waals surface area contributed by atoms with E-state index in [-0.39, 0.29) is 11.9 Å². The molecule has 102 valence electrons. The number of urea groups is 1. The largest absolute Gasteiger partial charge is 0.481 e. The third-order valence-electron chi connectivity index (χ3n) is 4.23. The number of hydrogen-bond acceptors (Lipinski definition) is 2. The maximum atomic E-state index is 11.9. The van der Waals surface area contributed by atoms with Gasteiger partial charge in [-0.2, -0.15) is 0 Å². The normalized spacial score (nSPS) is 28.6. The zero-order valence-corrected chi connectivity index (χ0v) is 10.9. The molecule has 1 aliphatic heterocycles. The van der Waals surface area contributed by atoms with Crippen LogP contribution in [0.15, 0.2) is 0 Å². The summed E-state index contributed by atoms with van der Waals surface area (Å²) in [6.07, 6.45) is 4.94. The fourth-order valence-electron chi connectivity index (χ4n) is 3.01. The van der Waals surface area contributed by atoms with Crippen LogP contribution in [0.3, 0.4) is 0 Å². The Kier molecular flexibility index (Phi) is 4.09. The van der Waals surface area contributed by atoms with Gasteiger partial charge in [0.15, 0.2) is 0 Å². The van der Waals surface area contributed by atoms with E-state index in [9.17, 15) is 9.59 Å². The molecular formula is C13H22N2O3. The summed E-state index contributed by atoms with van der Waals surface area (Å²) in [6.45, 7) is 3.52. The highest BCUT2D eigenvalue weighted by Gasteiger charge is 2.36. The maximum absolute atomic E-state index is 11.9. The van der Waals surface area contributed by atoms with Gasteiger partial charge in [0.2, 0.25) is 0 Å². The summed E-state index contributed by atoms with van der Waals surface area (Å²) >= 11 is 0. The Morgan fingerprint density at radius 1 is 1.28 bits per heavy atom. The van der Waals surface area contributed by atoms with Crippen LogP contribution in [-0.2, 0) is 4.79 Å². The summed E-state index contributed by atoms with van der Waals surface area (Å²) in [5, 5.41) is 12.0. The maximum Gasteiger partial charge on any atom is 0.317 e. The molecule has 0 aromatic carbocycles. The van der Waals surface area contributed by atoms with Gasteiger partial charge in [-0.3, -0.25) is 4.79 Å². The summed E-state index contributed by atoms with van der Waals surface area (Å²) in [7, 11) is 0. The van der Waals surface area contributed by atoms with E-state index in [1.54, 1.807) is 4.90 Å². The number of nitrogens with zero attached hydrogens (tertiary/aromatic N) is 1. The van der Waals surface area contributed by atoms with Crippen molar-refractivity contribution in [2.45, 2.75) is 32.6 Å². The fourth-order valence-corrected chi connectivity index (χ4v) is 3.01. The van der Waals surface area contributed by atoms with E-state index in [1.165, 1.54) is 25.7 Å². The molecule has 0 aromatic rings. The van der Waals surface area contributed by atoms with Gasteiger partial charge in [0, 0.05) is 19.6 Å². The summed E-state index contributed by atoms with van der Waals surface area (Å²) in [5.41, 5.74) is 0. The number of carbonyl (C=O) groups is 2. The lowest BCUT2D eigenvalue weighted by Crippen LogP contribution is -2.40. The van der Waals surface area contributed by atoms with Crippen molar-refractivity contribution in [3.05, 3.63) is 0 Å². The third kappa shape index (κ3) is 2.94. The molecule has 2 rings (SSSR count). The van der Waals surface area contributed by atoms with E-state index in [2.05, 4.69) is 5.32 Å². The molecule has 2 amide bonds. The lowest BCUT2D eigenvalue weighted by molar-refractivity contribution is -0.142. The predicted octanol–water partition coefficient (Wildman–Crippen LogP) is 1.54. The minimum atomic E-state index is -0.798. The first-order valence-electron chi connectivity index (χ1n) is 6.83. The lowest BCUT2D eigenvalue weighted by atomic mass is 9.99. The van der Waals surface area contributed by atoms with E-state index in [0.717, 1.165) is 6.54 Å². The number of nitrogens with one attached hydrogen (secondary N) is 1. The highest BCUT2D eigenvalue weighted by Crippen LogP contribution is 2.25. The Bertz CT molecular complexity index is 326. The van der Waals surface area contributed by atoms with Crippen LogP contribution in [0, 0.1) is 17.8 Å². The van der Waals surface area contributed by atoms with Crippen LogP contribution in [-0.4, -0.2) is 41.6 Å². The number of carbonyl (C=O) groups excluding carboxylic acids is 1. The van der Waals surface area contributed by atoms with Crippen molar-refractivity contribution in [2.75, 3.05) is 19.6 Å². The van der Waals surface area contributed by atoms with Gasteiger partial charge < -0.3 is 15.3 Å². The Balaban J connectivity index is 1.77. The zero-order valence-electron chi connectivity index (χ0n) is 10.9. The van der Waals surface area contributed by atoms with Gasteiger partial charge in [0.1, 0.15) is 0 Å². The SMILES string of the molecule is CC1CN(C(=O)NCC2CCCC2)CC1C(=O)O. The quantitative estimate of drug-likeness (QED) is 0.802. The van der Waals surface area contributed by atoms with Gasteiger partial charge in [-0.05, 0) is 24.7 Å². The summed E-state index contributed by atoms with van der Waals surface area (Å²) in [6, 6.07) is -0.0995. The first kappa shape index (κ1) is 13.2. The van der Waals surface area contributed by atoms with Crippen molar-refractivity contribution in [3.8, 4) is 0 Å². The van der Waals surface area contributed by atoms with Crippen LogP contribution in [0.25, 0.3) is 0 Å². The first-order valence-corrected chi connectivity index (χ1v) is 6.83. The van der Waals surface area contributed by atoms with E-state index in [1.807, 2.05) is 6.92 Å². The van der Waals surface area contributed by atoms with Crippen molar-refractivity contribution in [2.24, 2.45) is 17.8 Å². The second-order valence-corrected chi connectivity index (χ2v) is 5.66. The minimum absolute atomic E-state index is 0.0414. The van der Waals surface area contributed by atoms with Crippen molar-refractivity contribution in [1.29, 1.82) is 0 Å². The van der Waals surface area contributed by atoms with Crippen LogP contribution in [0.4, 0.5) is 4.79 Å². The molecule has 1 saturated carbocycles. The zero-order chi connectivity index (χ0) is 13.1. The Labute approximate surface area is 108 Å². The Hall–Kier alpha value is -1.26. The van der Waals surface area contributed by atoms with Crippen molar-refractivity contribution in [1.82, 2.24) is 10.2 Å². The average Bonchev–Trinajstić information content (AvgIpc) is 2.94. The number of rotatable bonds is 3. The van der Waals surface area contributed by atoms with E-state index >= 15 is 0 Å². The highest BCUT2D eigenvalue weighted by molar-refractivity contribution is 5.77. The molecular weight excluding hydrogens is 232 g/mol. The lowest BCUT2D eigenvalue weighted by Gasteiger charge is -2.18. The van der Waals surface area contributed by atoms with E-state index < -0.39 is 11.9 Å². The molecule has 2 atom stereocenters. The Morgan fingerprint density at radius 2 is 1.94 bits per heavy atom. The fraction of sp³-hybridized carbons (Fsp3) is 0.846. The topological polar surface area (TPSA) is 69.6 Å². The number of aliphatic carboxylic acids is 1. The molecule has 0 radical (unpaired) electrons. The first-order chi connectivity index (χ1) is 8.58. The molecule has 0 spiro atoms. The number of carboxylic acids is 1. The monoisotopic (exact) mass is 254 g/mol. The summed E-state index contributed by atoms with van der Waals surface area (Å²) < 4.78 is 0. The molecule has 2 aliphatic rings. The molecule has 0 bridgehead atoms. The van der Waals surface area contributed by atoms with Crippen LogP contribution < -0.4 is 5.32 Å².